The van der Waals surface area contributed by atoms with Crippen molar-refractivity contribution in [2.24, 2.45) is 10.7 Å². The average Bonchev–Trinajstić information content (AvgIpc) is 1.87. The molecule has 0 spiro atoms. The van der Waals surface area contributed by atoms with E-state index in [2.05, 4.69) is 11.6 Å². The first-order chi connectivity index (χ1) is 3.29. The predicted molar refractivity (Wildman–Crippen MR) is 33.2 cm³/mol. The molecule has 0 unspecified atom stereocenters. The van der Waals surface area contributed by atoms with Crippen molar-refractivity contribution < 1.29 is 0 Å². The van der Waals surface area contributed by atoms with E-state index < -0.39 is 0 Å². The molecule has 0 radical (unpaired) electrons. The minimum absolute atomic E-state index is 0.644. The second kappa shape index (κ2) is 1.58. The molecule has 0 amide bonds. The van der Waals surface area contributed by atoms with Crippen molar-refractivity contribution in [1.82, 2.24) is 0 Å². The smallest absolute Gasteiger partial charge is 0.158 e. The van der Waals surface area contributed by atoms with Crippen LogP contribution in [0.5, 0.6) is 0 Å². The summed E-state index contributed by atoms with van der Waals surface area (Å²) >= 11 is 1.45. The fourth-order valence-electron chi connectivity index (χ4n) is 0.379. The van der Waals surface area contributed by atoms with Crippen molar-refractivity contribution in [2.75, 3.05) is 6.54 Å². The van der Waals surface area contributed by atoms with Crippen molar-refractivity contribution >= 4 is 16.9 Å². The van der Waals surface area contributed by atoms with Crippen LogP contribution in [-0.4, -0.2) is 11.7 Å². The maximum absolute atomic E-state index is 5.28. The van der Waals surface area contributed by atoms with Crippen LogP contribution in [-0.2, 0) is 0 Å². The molecule has 7 heavy (non-hydrogen) atoms. The van der Waals surface area contributed by atoms with Crippen molar-refractivity contribution in [3.63, 3.8) is 0 Å². The summed E-state index contributed by atoms with van der Waals surface area (Å²) in [7, 11) is 0. The number of nitrogens with zero attached hydrogens (tertiary/aromatic N) is 1. The van der Waals surface area contributed by atoms with E-state index in [-0.39, 0.29) is 0 Å². The molecule has 0 aromatic carbocycles. The first-order valence-electron chi connectivity index (χ1n) is 1.94. The van der Waals surface area contributed by atoms with Gasteiger partial charge in [-0.05, 0) is 0 Å². The average molecular weight is 114 g/mol. The fourth-order valence-corrected chi connectivity index (χ4v) is 0.932. The van der Waals surface area contributed by atoms with Crippen LogP contribution in [0.2, 0.25) is 0 Å². The molecule has 0 bridgehead atoms. The molecule has 0 aromatic rings. The topological polar surface area (TPSA) is 38.4 Å². The lowest BCUT2D eigenvalue weighted by molar-refractivity contribution is 1.25. The Balaban J connectivity index is 2.58. The Hall–Kier alpha value is -0.440. The maximum Gasteiger partial charge on any atom is 0.158 e. The van der Waals surface area contributed by atoms with Crippen LogP contribution >= 0.6 is 11.8 Å². The Kier molecular flexibility index (Phi) is 1.06. The van der Waals surface area contributed by atoms with E-state index in [1.807, 2.05) is 0 Å². The highest BCUT2D eigenvalue weighted by Gasteiger charge is 2.04. The normalized spacial score (nSPS) is 20.0. The molecule has 1 rings (SSSR count). The molecule has 38 valence electrons. The third kappa shape index (κ3) is 0.962. The van der Waals surface area contributed by atoms with Crippen molar-refractivity contribution in [3.8, 4) is 0 Å². The van der Waals surface area contributed by atoms with Crippen LogP contribution in [0.4, 0.5) is 0 Å². The third-order valence-electron chi connectivity index (χ3n) is 0.660. The van der Waals surface area contributed by atoms with Crippen molar-refractivity contribution in [2.45, 2.75) is 0 Å². The number of amidine groups is 1. The van der Waals surface area contributed by atoms with E-state index >= 15 is 0 Å². The largest absolute Gasteiger partial charge is 0.378 e. The monoisotopic (exact) mass is 114 g/mol. The predicted octanol–water partition coefficient (Wildman–Crippen LogP) is 0.562. The molecule has 0 aromatic heterocycles. The molecular formula is C4H6N2S. The highest BCUT2D eigenvalue weighted by molar-refractivity contribution is 8.17. The summed E-state index contributed by atoms with van der Waals surface area (Å²) in [5.41, 5.74) is 5.28. The second-order valence-electron chi connectivity index (χ2n) is 1.30. The molecule has 3 heteroatoms. The lowest BCUT2D eigenvalue weighted by Crippen LogP contribution is -2.00. The Morgan fingerprint density at radius 3 is 2.71 bits per heavy atom. The molecule has 0 aliphatic carbocycles. The van der Waals surface area contributed by atoms with Gasteiger partial charge in [0.05, 0.1) is 6.54 Å². The lowest BCUT2D eigenvalue weighted by Gasteiger charge is -1.82. The van der Waals surface area contributed by atoms with Gasteiger partial charge in [0, 0.05) is 4.91 Å². The molecule has 1 heterocycles. The zero-order valence-corrected chi connectivity index (χ0v) is 4.66. The van der Waals surface area contributed by atoms with Gasteiger partial charge in [-0.15, -0.1) is 0 Å². The summed E-state index contributed by atoms with van der Waals surface area (Å²) in [4.78, 5) is 4.91. The number of thioether (sulfide) groups is 1. The molecule has 2 nitrogen and oxygen atoms in total. The molecule has 1 aliphatic heterocycles. The Morgan fingerprint density at radius 1 is 1.86 bits per heavy atom. The van der Waals surface area contributed by atoms with E-state index in [0.29, 0.717) is 11.7 Å². The van der Waals surface area contributed by atoms with Crippen LogP contribution in [0.25, 0.3) is 0 Å². The van der Waals surface area contributed by atoms with Crippen LogP contribution in [0.15, 0.2) is 16.5 Å². The minimum atomic E-state index is 0.644. The molecule has 2 N–H and O–H groups in total. The minimum Gasteiger partial charge on any atom is -0.378 e. The zero-order chi connectivity index (χ0) is 5.28. The summed E-state index contributed by atoms with van der Waals surface area (Å²) in [6.45, 7) is 4.38. The highest BCUT2D eigenvalue weighted by atomic mass is 32.2. The van der Waals surface area contributed by atoms with E-state index in [9.17, 15) is 0 Å². The van der Waals surface area contributed by atoms with E-state index in [1.54, 1.807) is 0 Å². The molecule has 1 aliphatic rings. The van der Waals surface area contributed by atoms with Gasteiger partial charge in [-0.2, -0.15) is 0 Å². The van der Waals surface area contributed by atoms with Crippen LogP contribution < -0.4 is 5.73 Å². The van der Waals surface area contributed by atoms with Gasteiger partial charge in [-0.1, -0.05) is 18.3 Å². The third-order valence-corrected chi connectivity index (χ3v) is 1.42. The number of hydrogen-bond donors (Lipinski definition) is 1. The van der Waals surface area contributed by atoms with Gasteiger partial charge in [-0.25, -0.2) is 0 Å². The van der Waals surface area contributed by atoms with E-state index in [4.69, 9.17) is 5.73 Å². The number of nitrogens with two attached hydrogens (primary N) is 1. The van der Waals surface area contributed by atoms with Crippen LogP contribution in [0, 0.1) is 0 Å². The molecule has 0 atom stereocenters. The van der Waals surface area contributed by atoms with Gasteiger partial charge in [0.2, 0.25) is 0 Å². The van der Waals surface area contributed by atoms with Gasteiger partial charge >= 0.3 is 0 Å². The molecule has 0 saturated carbocycles. The van der Waals surface area contributed by atoms with Gasteiger partial charge in [-0.3, -0.25) is 4.99 Å². The summed E-state index contributed by atoms with van der Waals surface area (Å²) in [6, 6.07) is 0. The van der Waals surface area contributed by atoms with Gasteiger partial charge < -0.3 is 5.73 Å². The number of hydrogen-bond acceptors (Lipinski definition) is 3. The van der Waals surface area contributed by atoms with E-state index in [1.165, 1.54) is 11.8 Å². The summed E-state index contributed by atoms with van der Waals surface area (Å²) < 4.78 is 0. The van der Waals surface area contributed by atoms with Gasteiger partial charge in [0.1, 0.15) is 0 Å². The summed E-state index contributed by atoms with van der Waals surface area (Å²) in [6.07, 6.45) is 0. The second-order valence-corrected chi connectivity index (χ2v) is 2.49. The summed E-state index contributed by atoms with van der Waals surface area (Å²) in [5.74, 6) is 0. The quantitative estimate of drug-likeness (QED) is 0.499. The summed E-state index contributed by atoms with van der Waals surface area (Å²) in [5, 5.41) is 0.644. The SMILES string of the molecule is C=C1CN=C(N)S1. The molecular weight excluding hydrogens is 108 g/mol. The molecule has 0 fully saturated rings. The van der Waals surface area contributed by atoms with Crippen molar-refractivity contribution in [3.05, 3.63) is 11.5 Å². The lowest BCUT2D eigenvalue weighted by atomic mass is 10.6. The number of aliphatic imine (C=N–C) groups is 1. The first-order valence-corrected chi connectivity index (χ1v) is 2.76. The van der Waals surface area contributed by atoms with E-state index in [0.717, 1.165) is 4.91 Å². The highest BCUT2D eigenvalue weighted by Crippen LogP contribution is 2.18. The van der Waals surface area contributed by atoms with Gasteiger partial charge in [0.25, 0.3) is 0 Å². The Bertz CT molecular complexity index is 128. The van der Waals surface area contributed by atoms with Crippen LogP contribution in [0.1, 0.15) is 0 Å². The standard InChI is InChI=1S/C4H6N2S/c1-3-2-6-4(5)7-3/h1-2H2,(H2,5,6). The van der Waals surface area contributed by atoms with Crippen LogP contribution in [0.3, 0.4) is 0 Å². The fraction of sp³-hybridized carbons (Fsp3) is 0.250. The Labute approximate surface area is 46.5 Å². The van der Waals surface area contributed by atoms with Crippen molar-refractivity contribution in [1.29, 1.82) is 0 Å². The maximum atomic E-state index is 5.28. The van der Waals surface area contributed by atoms with Gasteiger partial charge in [0.15, 0.2) is 5.17 Å². The molecule has 0 saturated heterocycles. The zero-order valence-electron chi connectivity index (χ0n) is 3.85. The Morgan fingerprint density at radius 2 is 2.57 bits per heavy atom. The number of rotatable bonds is 0. The first kappa shape index (κ1) is 4.71.